The van der Waals surface area contributed by atoms with Crippen molar-refractivity contribution in [2.24, 2.45) is 0 Å². The van der Waals surface area contributed by atoms with Gasteiger partial charge in [0.25, 0.3) is 11.7 Å². The molecule has 1 unspecified atom stereocenters. The Kier molecular flexibility index (Phi) is 6.61. The highest BCUT2D eigenvalue weighted by Gasteiger charge is 2.47. The number of hydrogen-bond acceptors (Lipinski definition) is 6. The Morgan fingerprint density at radius 3 is 2.38 bits per heavy atom. The van der Waals surface area contributed by atoms with Crippen LogP contribution >= 0.6 is 0 Å². The fraction of sp³-hybridized carbons (Fsp3) is 0.308. The van der Waals surface area contributed by atoms with Gasteiger partial charge in [0.15, 0.2) is 0 Å². The van der Waals surface area contributed by atoms with E-state index in [-0.39, 0.29) is 16.9 Å². The maximum atomic E-state index is 13.4. The number of H-pyrrole nitrogens is 1. The van der Waals surface area contributed by atoms with Gasteiger partial charge >= 0.3 is 0 Å². The van der Waals surface area contributed by atoms with Gasteiger partial charge in [-0.1, -0.05) is 24.3 Å². The second-order valence-electron chi connectivity index (χ2n) is 8.48. The zero-order valence-corrected chi connectivity index (χ0v) is 19.8. The van der Waals surface area contributed by atoms with Crippen LogP contribution in [0.4, 0.5) is 0 Å². The number of para-hydroxylation sites is 1. The number of benzene rings is 2. The molecule has 1 aliphatic heterocycles. The predicted molar refractivity (Wildman–Crippen MR) is 130 cm³/mol. The van der Waals surface area contributed by atoms with Crippen LogP contribution in [0.5, 0.6) is 11.5 Å². The number of likely N-dealkylation sites (tertiary alicyclic amines) is 1. The summed E-state index contributed by atoms with van der Waals surface area (Å²) in [5.74, 6) is -1.00. The van der Waals surface area contributed by atoms with Crippen molar-refractivity contribution in [3.05, 3.63) is 65.4 Å². The van der Waals surface area contributed by atoms with Crippen molar-refractivity contribution < 1.29 is 24.2 Å². The molecule has 0 saturated carbocycles. The molecule has 1 saturated heterocycles. The van der Waals surface area contributed by atoms with Crippen LogP contribution in [-0.2, 0) is 9.59 Å². The number of nitrogens with one attached hydrogen (secondary N) is 1. The van der Waals surface area contributed by atoms with Crippen LogP contribution in [0, 0.1) is 0 Å². The van der Waals surface area contributed by atoms with Crippen molar-refractivity contribution in [3.63, 3.8) is 0 Å². The summed E-state index contributed by atoms with van der Waals surface area (Å²) in [6, 6.07) is 12.0. The third-order valence-corrected chi connectivity index (χ3v) is 6.12. The second kappa shape index (κ2) is 9.61. The standard InChI is InChI=1S/C26H29N3O5/c1-28(2)13-8-14-29-23(17-15-27-18-10-6-5-9-16(17)18)22(25(31)26(29)32)24(30)21-19(33-3)11-7-12-20(21)34-4/h5-7,9-12,15,23,27,30H,8,13-14H2,1-4H3/b24-22+. The largest absolute Gasteiger partial charge is 0.506 e. The molecule has 34 heavy (non-hydrogen) atoms. The zero-order chi connectivity index (χ0) is 24.4. The Morgan fingerprint density at radius 1 is 1.06 bits per heavy atom. The summed E-state index contributed by atoms with van der Waals surface area (Å²) in [5, 5.41) is 12.4. The first-order chi connectivity index (χ1) is 16.4. The van der Waals surface area contributed by atoms with Gasteiger partial charge in [0.2, 0.25) is 0 Å². The van der Waals surface area contributed by atoms with Crippen molar-refractivity contribution in [3.8, 4) is 11.5 Å². The molecule has 2 aromatic carbocycles. The maximum Gasteiger partial charge on any atom is 0.295 e. The number of aliphatic hydroxyl groups is 1. The summed E-state index contributed by atoms with van der Waals surface area (Å²) in [6.45, 7) is 1.12. The van der Waals surface area contributed by atoms with E-state index in [1.807, 2.05) is 43.3 Å². The minimum absolute atomic E-state index is 0.0161. The number of carbonyl (C=O) groups is 2. The number of aromatic nitrogens is 1. The number of aliphatic hydroxyl groups excluding tert-OH is 1. The number of fused-ring (bicyclic) bond motifs is 1. The number of rotatable bonds is 8. The number of methoxy groups -OCH3 is 2. The molecule has 0 spiro atoms. The summed E-state index contributed by atoms with van der Waals surface area (Å²) in [5.41, 5.74) is 1.88. The van der Waals surface area contributed by atoms with Crippen LogP contribution in [0.2, 0.25) is 0 Å². The number of aromatic amines is 1. The molecule has 1 amide bonds. The van der Waals surface area contributed by atoms with Crippen LogP contribution in [0.15, 0.2) is 54.2 Å². The number of Topliss-reactive ketones (excluding diaryl/α,β-unsaturated/α-hetero) is 1. The smallest absolute Gasteiger partial charge is 0.295 e. The lowest BCUT2D eigenvalue weighted by Crippen LogP contribution is -2.32. The SMILES string of the molecule is COc1cccc(OC)c1/C(O)=C1\C(=O)C(=O)N(CCCN(C)C)C1c1c[nH]c2ccccc12. The van der Waals surface area contributed by atoms with Gasteiger partial charge in [-0.25, -0.2) is 0 Å². The van der Waals surface area contributed by atoms with Gasteiger partial charge in [-0.05, 0) is 45.3 Å². The molecule has 2 N–H and O–H groups in total. The fourth-order valence-corrected chi connectivity index (χ4v) is 4.53. The van der Waals surface area contributed by atoms with Crippen LogP contribution in [0.1, 0.15) is 23.6 Å². The van der Waals surface area contributed by atoms with E-state index in [0.29, 0.717) is 24.5 Å². The molecule has 8 heteroatoms. The Balaban J connectivity index is 1.93. The molecule has 3 aromatic rings. The molecule has 1 atom stereocenters. The van der Waals surface area contributed by atoms with Crippen molar-refractivity contribution in [1.82, 2.24) is 14.8 Å². The van der Waals surface area contributed by atoms with Crippen LogP contribution < -0.4 is 9.47 Å². The average molecular weight is 464 g/mol. The lowest BCUT2D eigenvalue weighted by molar-refractivity contribution is -0.139. The van der Waals surface area contributed by atoms with Crippen molar-refractivity contribution in [2.75, 3.05) is 41.4 Å². The summed E-state index contributed by atoms with van der Waals surface area (Å²) in [6.07, 6.45) is 2.48. The minimum Gasteiger partial charge on any atom is -0.506 e. The molecule has 0 aliphatic carbocycles. The fourth-order valence-electron chi connectivity index (χ4n) is 4.53. The quantitative estimate of drug-likeness (QED) is 0.301. The molecule has 0 bridgehead atoms. The van der Waals surface area contributed by atoms with E-state index in [1.165, 1.54) is 14.2 Å². The summed E-state index contributed by atoms with van der Waals surface area (Å²) in [7, 11) is 6.86. The lowest BCUT2D eigenvalue weighted by Gasteiger charge is -2.25. The molecule has 1 fully saturated rings. The van der Waals surface area contributed by atoms with E-state index in [9.17, 15) is 14.7 Å². The van der Waals surface area contributed by atoms with Gasteiger partial charge in [-0.2, -0.15) is 0 Å². The van der Waals surface area contributed by atoms with E-state index >= 15 is 0 Å². The third-order valence-electron chi connectivity index (χ3n) is 6.12. The van der Waals surface area contributed by atoms with E-state index in [1.54, 1.807) is 29.3 Å². The van der Waals surface area contributed by atoms with Gasteiger partial charge in [-0.15, -0.1) is 0 Å². The van der Waals surface area contributed by atoms with Crippen molar-refractivity contribution in [2.45, 2.75) is 12.5 Å². The van der Waals surface area contributed by atoms with E-state index in [2.05, 4.69) is 4.98 Å². The highest BCUT2D eigenvalue weighted by molar-refractivity contribution is 6.46. The Labute approximate surface area is 198 Å². The van der Waals surface area contributed by atoms with Gasteiger partial charge in [-0.3, -0.25) is 9.59 Å². The van der Waals surface area contributed by atoms with Gasteiger partial charge < -0.3 is 29.4 Å². The Hall–Kier alpha value is -3.78. The zero-order valence-electron chi connectivity index (χ0n) is 19.8. The van der Waals surface area contributed by atoms with Gasteiger partial charge in [0, 0.05) is 29.2 Å². The number of ether oxygens (including phenoxy) is 2. The van der Waals surface area contributed by atoms with Crippen molar-refractivity contribution >= 4 is 28.4 Å². The lowest BCUT2D eigenvalue weighted by atomic mass is 9.94. The number of nitrogens with zero attached hydrogens (tertiary/aromatic N) is 2. The first kappa shape index (κ1) is 23.4. The average Bonchev–Trinajstić information content (AvgIpc) is 3.37. The maximum absolute atomic E-state index is 13.4. The van der Waals surface area contributed by atoms with Crippen LogP contribution in [0.25, 0.3) is 16.7 Å². The topological polar surface area (TPSA) is 95.1 Å². The highest BCUT2D eigenvalue weighted by Crippen LogP contribution is 2.44. The van der Waals surface area contributed by atoms with E-state index in [0.717, 1.165) is 23.0 Å². The van der Waals surface area contributed by atoms with E-state index < -0.39 is 17.7 Å². The first-order valence-corrected chi connectivity index (χ1v) is 11.1. The monoisotopic (exact) mass is 463 g/mol. The summed E-state index contributed by atoms with van der Waals surface area (Å²) >= 11 is 0. The molecule has 2 heterocycles. The van der Waals surface area contributed by atoms with Crippen molar-refractivity contribution in [1.29, 1.82) is 0 Å². The number of amides is 1. The highest BCUT2D eigenvalue weighted by atomic mass is 16.5. The minimum atomic E-state index is -0.757. The van der Waals surface area contributed by atoms with Gasteiger partial charge in [0.1, 0.15) is 22.8 Å². The summed E-state index contributed by atoms with van der Waals surface area (Å²) < 4.78 is 10.9. The molecule has 4 rings (SSSR count). The molecular weight excluding hydrogens is 434 g/mol. The van der Waals surface area contributed by atoms with E-state index in [4.69, 9.17) is 9.47 Å². The molecule has 1 aromatic heterocycles. The third kappa shape index (κ3) is 4.01. The molecule has 8 nitrogen and oxygen atoms in total. The number of carbonyl (C=O) groups excluding carboxylic acids is 2. The van der Waals surface area contributed by atoms with Crippen LogP contribution in [-0.4, -0.2) is 73.0 Å². The van der Waals surface area contributed by atoms with Crippen LogP contribution in [0.3, 0.4) is 0 Å². The Morgan fingerprint density at radius 2 is 1.74 bits per heavy atom. The van der Waals surface area contributed by atoms with Gasteiger partial charge in [0.05, 0.1) is 25.8 Å². The first-order valence-electron chi connectivity index (χ1n) is 11.1. The number of ketones is 1. The number of hydrogen-bond donors (Lipinski definition) is 2. The molecule has 178 valence electrons. The Bertz CT molecular complexity index is 1240. The normalized spacial score (nSPS) is 17.7. The predicted octanol–water partition coefficient (Wildman–Crippen LogP) is 3.56. The molecular formula is C26H29N3O5. The second-order valence-corrected chi connectivity index (χ2v) is 8.48. The molecule has 0 radical (unpaired) electrons. The summed E-state index contributed by atoms with van der Waals surface area (Å²) in [4.78, 5) is 33.4. The molecule has 1 aliphatic rings.